The van der Waals surface area contributed by atoms with Gasteiger partial charge < -0.3 is 10.2 Å². The summed E-state index contributed by atoms with van der Waals surface area (Å²) in [7, 11) is 0. The lowest BCUT2D eigenvalue weighted by molar-refractivity contribution is 0.173. The Kier molecular flexibility index (Phi) is 6.33. The monoisotopic (exact) mass is 272 g/mol. The molecule has 2 amide bonds. The van der Waals surface area contributed by atoms with E-state index in [4.69, 9.17) is 0 Å². The largest absolute Gasteiger partial charge is 0.337 e. The molecule has 0 aromatic heterocycles. The Bertz CT molecular complexity index is 250. The fraction of sp³-hybridized carbons (Fsp3) is 0.929. The molecule has 1 saturated heterocycles. The molecule has 1 heterocycles. The molecule has 0 atom stereocenters. The van der Waals surface area contributed by atoms with E-state index >= 15 is 0 Å². The van der Waals surface area contributed by atoms with E-state index in [0.29, 0.717) is 0 Å². The number of carbonyl (C=O) groups is 1. The predicted molar refractivity (Wildman–Crippen MR) is 80.2 cm³/mol. The van der Waals surface area contributed by atoms with Gasteiger partial charge in [0.1, 0.15) is 0 Å². The first-order valence-corrected chi connectivity index (χ1v) is 8.37. The molecule has 0 bridgehead atoms. The summed E-state index contributed by atoms with van der Waals surface area (Å²) in [6.45, 7) is 9.28. The second-order valence-electron chi connectivity index (χ2n) is 5.42. The average molecular weight is 272 g/mol. The zero-order valence-electron chi connectivity index (χ0n) is 12.3. The van der Waals surface area contributed by atoms with Crippen molar-refractivity contribution in [3.63, 3.8) is 0 Å². The van der Waals surface area contributed by atoms with Gasteiger partial charge in [0.25, 0.3) is 0 Å². The number of piperidine rings is 1. The van der Waals surface area contributed by atoms with E-state index in [2.05, 4.69) is 32.3 Å². The van der Waals surface area contributed by atoms with Crippen molar-refractivity contribution in [3.8, 4) is 0 Å². The van der Waals surface area contributed by atoms with Crippen LogP contribution in [0.2, 0.25) is 0 Å². The Morgan fingerprint density at radius 2 is 1.89 bits per heavy atom. The fourth-order valence-corrected chi connectivity index (χ4v) is 3.21. The van der Waals surface area contributed by atoms with Crippen LogP contribution in [-0.4, -0.2) is 41.6 Å². The number of nitrogens with zero attached hydrogens (tertiary/aromatic N) is 1. The average Bonchev–Trinajstić information content (AvgIpc) is 2.41. The third kappa shape index (κ3) is 4.08. The van der Waals surface area contributed by atoms with Crippen LogP contribution < -0.4 is 5.32 Å². The summed E-state index contributed by atoms with van der Waals surface area (Å²) in [5, 5.41) is 3.13. The molecule has 1 aliphatic rings. The van der Waals surface area contributed by atoms with Gasteiger partial charge in [0.05, 0.1) is 0 Å². The molecule has 0 radical (unpaired) electrons. The molecule has 1 N–H and O–H groups in total. The molecule has 0 aliphatic carbocycles. The molecule has 0 aromatic carbocycles. The molecule has 0 saturated carbocycles. The first kappa shape index (κ1) is 15.7. The second-order valence-corrected chi connectivity index (χ2v) is 6.70. The van der Waals surface area contributed by atoms with E-state index in [1.165, 1.54) is 0 Å². The highest BCUT2D eigenvalue weighted by Crippen LogP contribution is 2.29. The lowest BCUT2D eigenvalue weighted by atomic mass is 9.99. The van der Waals surface area contributed by atoms with Crippen LogP contribution in [0.4, 0.5) is 4.79 Å². The van der Waals surface area contributed by atoms with E-state index in [-0.39, 0.29) is 10.8 Å². The third-order valence-electron chi connectivity index (χ3n) is 4.35. The summed E-state index contributed by atoms with van der Waals surface area (Å²) in [6, 6.07) is 0.127. The Labute approximate surface area is 116 Å². The number of thioether (sulfide) groups is 1. The number of rotatable bonds is 5. The fourth-order valence-electron chi connectivity index (χ4n) is 2.42. The van der Waals surface area contributed by atoms with Crippen LogP contribution in [0.3, 0.4) is 0 Å². The SMILES string of the molecule is CCC(CC)(CNC(=O)N1CCC(C)CC1)SC. The Morgan fingerprint density at radius 3 is 2.33 bits per heavy atom. The Hall–Kier alpha value is -0.380. The topological polar surface area (TPSA) is 32.3 Å². The number of hydrogen-bond acceptors (Lipinski definition) is 2. The van der Waals surface area contributed by atoms with Gasteiger partial charge in [-0.05, 0) is 37.9 Å². The molecular weight excluding hydrogens is 244 g/mol. The zero-order valence-corrected chi connectivity index (χ0v) is 13.1. The van der Waals surface area contributed by atoms with Gasteiger partial charge >= 0.3 is 6.03 Å². The molecule has 1 aliphatic heterocycles. The number of urea groups is 1. The zero-order chi connectivity index (χ0) is 13.6. The van der Waals surface area contributed by atoms with Crippen LogP contribution in [-0.2, 0) is 0 Å². The molecule has 0 aromatic rings. The van der Waals surface area contributed by atoms with Crippen molar-refractivity contribution in [2.45, 2.75) is 51.2 Å². The third-order valence-corrected chi connectivity index (χ3v) is 5.94. The minimum Gasteiger partial charge on any atom is -0.337 e. The first-order chi connectivity index (χ1) is 8.56. The number of nitrogens with one attached hydrogen (secondary N) is 1. The van der Waals surface area contributed by atoms with Gasteiger partial charge in [-0.2, -0.15) is 11.8 Å². The van der Waals surface area contributed by atoms with Crippen LogP contribution >= 0.6 is 11.8 Å². The van der Waals surface area contributed by atoms with Crippen molar-refractivity contribution in [3.05, 3.63) is 0 Å². The van der Waals surface area contributed by atoms with E-state index in [1.807, 2.05) is 16.7 Å². The van der Waals surface area contributed by atoms with Gasteiger partial charge in [-0.25, -0.2) is 4.79 Å². The number of carbonyl (C=O) groups excluding carboxylic acids is 1. The van der Waals surface area contributed by atoms with Crippen molar-refractivity contribution in [2.75, 3.05) is 25.9 Å². The highest BCUT2D eigenvalue weighted by molar-refractivity contribution is 8.00. The maximum absolute atomic E-state index is 12.1. The first-order valence-electron chi connectivity index (χ1n) is 7.14. The smallest absolute Gasteiger partial charge is 0.317 e. The lowest BCUT2D eigenvalue weighted by Gasteiger charge is -2.34. The summed E-state index contributed by atoms with van der Waals surface area (Å²) in [6.07, 6.45) is 6.62. The maximum atomic E-state index is 12.1. The molecule has 4 heteroatoms. The van der Waals surface area contributed by atoms with Crippen molar-refractivity contribution in [2.24, 2.45) is 5.92 Å². The van der Waals surface area contributed by atoms with Crippen LogP contribution in [0, 0.1) is 5.92 Å². The summed E-state index contributed by atoms with van der Waals surface area (Å²) in [5.74, 6) is 0.769. The summed E-state index contributed by atoms with van der Waals surface area (Å²) < 4.78 is 0.207. The Morgan fingerprint density at radius 1 is 1.33 bits per heavy atom. The summed E-state index contributed by atoms with van der Waals surface area (Å²) in [4.78, 5) is 14.1. The lowest BCUT2D eigenvalue weighted by Crippen LogP contribution is -2.48. The highest BCUT2D eigenvalue weighted by Gasteiger charge is 2.27. The summed E-state index contributed by atoms with van der Waals surface area (Å²) >= 11 is 1.87. The van der Waals surface area contributed by atoms with Gasteiger partial charge in [-0.15, -0.1) is 0 Å². The van der Waals surface area contributed by atoms with Crippen molar-refractivity contribution >= 4 is 17.8 Å². The molecule has 1 rings (SSSR count). The molecule has 106 valence electrons. The van der Waals surface area contributed by atoms with Crippen LogP contribution in [0.25, 0.3) is 0 Å². The normalized spacial score (nSPS) is 17.9. The van der Waals surface area contributed by atoms with E-state index < -0.39 is 0 Å². The van der Waals surface area contributed by atoms with E-state index in [1.54, 1.807) is 0 Å². The number of hydrogen-bond donors (Lipinski definition) is 1. The maximum Gasteiger partial charge on any atom is 0.317 e. The molecular formula is C14H28N2OS. The highest BCUT2D eigenvalue weighted by atomic mass is 32.2. The van der Waals surface area contributed by atoms with E-state index in [0.717, 1.165) is 51.2 Å². The number of amides is 2. The van der Waals surface area contributed by atoms with Gasteiger partial charge in [-0.1, -0.05) is 20.8 Å². The second kappa shape index (κ2) is 7.27. The van der Waals surface area contributed by atoms with Crippen LogP contribution in [0.15, 0.2) is 0 Å². The van der Waals surface area contributed by atoms with Gasteiger partial charge in [0.15, 0.2) is 0 Å². The van der Waals surface area contributed by atoms with E-state index in [9.17, 15) is 4.79 Å². The van der Waals surface area contributed by atoms with Crippen LogP contribution in [0.5, 0.6) is 0 Å². The standard InChI is InChI=1S/C14H28N2OS/c1-5-14(6-2,18-4)11-15-13(17)16-9-7-12(3)8-10-16/h12H,5-11H2,1-4H3,(H,15,17). The van der Waals surface area contributed by atoms with Crippen molar-refractivity contribution in [1.82, 2.24) is 10.2 Å². The minimum absolute atomic E-state index is 0.127. The van der Waals surface area contributed by atoms with Gasteiger partial charge in [-0.3, -0.25) is 0 Å². The molecule has 3 nitrogen and oxygen atoms in total. The molecule has 0 spiro atoms. The molecule has 18 heavy (non-hydrogen) atoms. The summed E-state index contributed by atoms with van der Waals surface area (Å²) in [5.41, 5.74) is 0. The van der Waals surface area contributed by atoms with Gasteiger partial charge in [0.2, 0.25) is 0 Å². The van der Waals surface area contributed by atoms with Crippen LogP contribution in [0.1, 0.15) is 46.5 Å². The number of likely N-dealkylation sites (tertiary alicyclic amines) is 1. The van der Waals surface area contributed by atoms with Crippen molar-refractivity contribution in [1.29, 1.82) is 0 Å². The predicted octanol–water partition coefficient (Wildman–Crippen LogP) is 3.35. The Balaban J connectivity index is 2.40. The molecule has 0 unspecified atom stereocenters. The minimum atomic E-state index is 0.127. The molecule has 1 fully saturated rings. The van der Waals surface area contributed by atoms with Crippen molar-refractivity contribution < 1.29 is 4.79 Å². The van der Waals surface area contributed by atoms with Gasteiger partial charge in [0, 0.05) is 24.4 Å². The quantitative estimate of drug-likeness (QED) is 0.832.